The van der Waals surface area contributed by atoms with Gasteiger partial charge >= 0.3 is 0 Å². The lowest BCUT2D eigenvalue weighted by molar-refractivity contribution is 1.26. The highest BCUT2D eigenvalue weighted by Crippen LogP contribution is 2.25. The fourth-order valence-corrected chi connectivity index (χ4v) is 1.28. The van der Waals surface area contributed by atoms with Crippen LogP contribution in [0, 0.1) is 0 Å². The van der Waals surface area contributed by atoms with Gasteiger partial charge in [0.25, 0.3) is 0 Å². The highest BCUT2D eigenvalue weighted by Gasteiger charge is 2.05. The first-order valence-electron chi connectivity index (χ1n) is 3.66. The largest absolute Gasteiger partial charge is 0.264 e. The van der Waals surface area contributed by atoms with E-state index in [1.807, 2.05) is 18.5 Å². The van der Waals surface area contributed by atoms with Gasteiger partial charge in [0.05, 0.1) is 0 Å². The number of aromatic nitrogens is 1. The van der Waals surface area contributed by atoms with Crippen molar-refractivity contribution >= 4 is 11.6 Å². The van der Waals surface area contributed by atoms with Gasteiger partial charge in [-0.05, 0) is 23.6 Å². The first-order chi connectivity index (χ1) is 5.38. The molecule has 11 heavy (non-hydrogen) atoms. The molecule has 1 aliphatic carbocycles. The third-order valence-corrected chi connectivity index (χ3v) is 1.90. The molecule has 0 aliphatic heterocycles. The van der Waals surface area contributed by atoms with E-state index in [1.54, 1.807) is 0 Å². The van der Waals surface area contributed by atoms with Crippen molar-refractivity contribution in [3.05, 3.63) is 42.2 Å². The first-order valence-corrected chi connectivity index (χ1v) is 3.66. The zero-order valence-corrected chi connectivity index (χ0v) is 6.25. The van der Waals surface area contributed by atoms with Crippen LogP contribution in [0.15, 0.2) is 31.1 Å². The van der Waals surface area contributed by atoms with Crippen molar-refractivity contribution in [2.24, 2.45) is 0 Å². The number of allylic oxidation sites excluding steroid dienone is 2. The topological polar surface area (TPSA) is 12.9 Å². The second-order valence-corrected chi connectivity index (χ2v) is 2.67. The summed E-state index contributed by atoms with van der Waals surface area (Å²) in [5, 5.41) is 0. The number of pyridine rings is 1. The predicted octanol–water partition coefficient (Wildman–Crippen LogP) is 2.51. The molecule has 1 aliphatic rings. The Kier molecular flexibility index (Phi) is 1.35. The molecule has 0 aromatic carbocycles. The van der Waals surface area contributed by atoms with Gasteiger partial charge in [-0.2, -0.15) is 0 Å². The predicted molar refractivity (Wildman–Crippen MR) is 46.9 cm³/mol. The quantitative estimate of drug-likeness (QED) is 0.543. The van der Waals surface area contributed by atoms with Gasteiger partial charge < -0.3 is 0 Å². The summed E-state index contributed by atoms with van der Waals surface area (Å²) in [4.78, 5) is 4.05. The Hall–Kier alpha value is -1.37. The average molecular weight is 143 g/mol. The van der Waals surface area contributed by atoms with Crippen LogP contribution in [0.1, 0.15) is 17.5 Å². The summed E-state index contributed by atoms with van der Waals surface area (Å²) < 4.78 is 0. The molecular formula is C10H9N. The van der Waals surface area contributed by atoms with Gasteiger partial charge in [0.15, 0.2) is 0 Å². The molecule has 54 valence electrons. The van der Waals surface area contributed by atoms with Gasteiger partial charge in [-0.1, -0.05) is 18.7 Å². The van der Waals surface area contributed by atoms with E-state index >= 15 is 0 Å². The number of rotatable bonds is 0. The molecule has 0 fully saturated rings. The molecule has 0 amide bonds. The fourth-order valence-electron chi connectivity index (χ4n) is 1.28. The zero-order chi connectivity index (χ0) is 7.68. The molecule has 0 saturated heterocycles. The van der Waals surface area contributed by atoms with Crippen LogP contribution in [-0.2, 0) is 0 Å². The normalized spacial score (nSPS) is 14.7. The monoisotopic (exact) mass is 143 g/mol. The minimum absolute atomic E-state index is 0.957. The van der Waals surface area contributed by atoms with Crippen molar-refractivity contribution in [3.8, 4) is 0 Å². The van der Waals surface area contributed by atoms with E-state index in [2.05, 4.69) is 23.7 Å². The highest BCUT2D eigenvalue weighted by molar-refractivity contribution is 5.77. The Bertz CT molecular complexity index is 323. The van der Waals surface area contributed by atoms with Crippen molar-refractivity contribution in [2.45, 2.75) is 6.42 Å². The molecule has 1 aromatic heterocycles. The van der Waals surface area contributed by atoms with E-state index < -0.39 is 0 Å². The molecule has 1 heterocycles. The molecule has 0 atom stereocenters. The summed E-state index contributed by atoms with van der Waals surface area (Å²) in [6.07, 6.45) is 8.89. The van der Waals surface area contributed by atoms with Crippen LogP contribution < -0.4 is 0 Å². The first kappa shape index (κ1) is 6.35. The second kappa shape index (κ2) is 2.35. The van der Waals surface area contributed by atoms with Crippen LogP contribution in [0.2, 0.25) is 0 Å². The maximum atomic E-state index is 4.05. The summed E-state index contributed by atoms with van der Waals surface area (Å²) in [6.45, 7) is 3.96. The van der Waals surface area contributed by atoms with E-state index in [4.69, 9.17) is 0 Å². The maximum Gasteiger partial charge on any atom is 0.0349 e. The number of fused-ring (bicyclic) bond motifs is 1. The molecule has 2 rings (SSSR count). The lowest BCUT2D eigenvalue weighted by Crippen LogP contribution is -1.92. The van der Waals surface area contributed by atoms with Crippen molar-refractivity contribution in [1.29, 1.82) is 0 Å². The Morgan fingerprint density at radius 3 is 3.18 bits per heavy atom. The molecule has 0 bridgehead atoms. The minimum Gasteiger partial charge on any atom is -0.264 e. The third kappa shape index (κ3) is 0.984. The molecule has 0 unspecified atom stereocenters. The third-order valence-electron chi connectivity index (χ3n) is 1.90. The molecule has 0 N–H and O–H groups in total. The van der Waals surface area contributed by atoms with E-state index in [9.17, 15) is 0 Å². The lowest BCUT2D eigenvalue weighted by Gasteiger charge is -2.10. The number of nitrogens with zero attached hydrogens (tertiary/aromatic N) is 1. The van der Waals surface area contributed by atoms with E-state index in [0.29, 0.717) is 0 Å². The Balaban J connectivity index is 2.63. The van der Waals surface area contributed by atoms with Gasteiger partial charge in [-0.25, -0.2) is 0 Å². The molecule has 0 spiro atoms. The number of hydrogen-bond donors (Lipinski definition) is 0. The summed E-state index contributed by atoms with van der Waals surface area (Å²) in [5.41, 5.74) is 3.59. The second-order valence-electron chi connectivity index (χ2n) is 2.67. The SMILES string of the molecule is C=C1CC=Cc2ccncc21. The molecule has 1 aromatic rings. The molecular weight excluding hydrogens is 134 g/mol. The van der Waals surface area contributed by atoms with E-state index in [1.165, 1.54) is 11.1 Å². The van der Waals surface area contributed by atoms with Crippen LogP contribution >= 0.6 is 0 Å². The standard InChI is InChI=1S/C10H9N/c1-8-3-2-4-9-5-6-11-7-10(8)9/h2,4-7H,1,3H2. The van der Waals surface area contributed by atoms with Gasteiger partial charge in [0, 0.05) is 18.0 Å². The Morgan fingerprint density at radius 2 is 2.36 bits per heavy atom. The molecule has 0 saturated carbocycles. The lowest BCUT2D eigenvalue weighted by atomic mass is 9.96. The van der Waals surface area contributed by atoms with E-state index in [0.717, 1.165) is 12.0 Å². The van der Waals surface area contributed by atoms with Crippen LogP contribution in [0.4, 0.5) is 0 Å². The van der Waals surface area contributed by atoms with Crippen LogP contribution in [-0.4, -0.2) is 4.98 Å². The summed E-state index contributed by atoms with van der Waals surface area (Å²) in [6, 6.07) is 2.01. The van der Waals surface area contributed by atoms with Gasteiger partial charge in [0.1, 0.15) is 0 Å². The summed E-state index contributed by atoms with van der Waals surface area (Å²) in [5.74, 6) is 0. The van der Waals surface area contributed by atoms with Gasteiger partial charge in [0.2, 0.25) is 0 Å². The summed E-state index contributed by atoms with van der Waals surface area (Å²) in [7, 11) is 0. The molecule has 1 heteroatoms. The molecule has 0 radical (unpaired) electrons. The summed E-state index contributed by atoms with van der Waals surface area (Å²) >= 11 is 0. The smallest absolute Gasteiger partial charge is 0.0349 e. The van der Waals surface area contributed by atoms with Gasteiger partial charge in [-0.15, -0.1) is 0 Å². The van der Waals surface area contributed by atoms with Crippen LogP contribution in [0.3, 0.4) is 0 Å². The van der Waals surface area contributed by atoms with Crippen LogP contribution in [0.25, 0.3) is 11.6 Å². The van der Waals surface area contributed by atoms with Crippen molar-refractivity contribution < 1.29 is 0 Å². The maximum absolute atomic E-state index is 4.05. The zero-order valence-electron chi connectivity index (χ0n) is 6.25. The van der Waals surface area contributed by atoms with Crippen molar-refractivity contribution in [3.63, 3.8) is 0 Å². The van der Waals surface area contributed by atoms with E-state index in [-0.39, 0.29) is 0 Å². The Morgan fingerprint density at radius 1 is 1.45 bits per heavy atom. The number of hydrogen-bond acceptors (Lipinski definition) is 1. The highest BCUT2D eigenvalue weighted by atomic mass is 14.6. The van der Waals surface area contributed by atoms with Crippen molar-refractivity contribution in [1.82, 2.24) is 4.98 Å². The Labute approximate surface area is 66.1 Å². The minimum atomic E-state index is 0.957. The average Bonchev–Trinajstić information content (AvgIpc) is 2.06. The molecule has 1 nitrogen and oxygen atoms in total. The van der Waals surface area contributed by atoms with Gasteiger partial charge in [-0.3, -0.25) is 4.98 Å². The fraction of sp³-hybridized carbons (Fsp3) is 0.100. The van der Waals surface area contributed by atoms with Crippen LogP contribution in [0.5, 0.6) is 0 Å². The van der Waals surface area contributed by atoms with Crippen molar-refractivity contribution in [2.75, 3.05) is 0 Å².